The van der Waals surface area contributed by atoms with E-state index in [1.807, 2.05) is 11.0 Å². The first kappa shape index (κ1) is 25.2. The Morgan fingerprint density at radius 2 is 1.58 bits per heavy atom. The van der Waals surface area contributed by atoms with Gasteiger partial charge in [-0.2, -0.15) is 0 Å². The number of fused-ring (bicyclic) bond motifs is 1. The smallest absolute Gasteiger partial charge is 0.272 e. The molecule has 12 heteroatoms. The Bertz CT molecular complexity index is 1330. The lowest BCUT2D eigenvalue weighted by molar-refractivity contribution is 0.0233. The summed E-state index contributed by atoms with van der Waals surface area (Å²) in [6.45, 7) is 3.59. The molecular formula is C26H31N5O6S. The SMILES string of the molecule is NS(=O)(=O)c1ccc(C(=O)N2CC3CN(C(=O)c4cnc(OC5CCOCC5)c(C5CC5)c4)C[C@@H]3C2)nc1. The van der Waals surface area contributed by atoms with Crippen LogP contribution in [-0.4, -0.2) is 85.5 Å². The summed E-state index contributed by atoms with van der Waals surface area (Å²) in [5.41, 5.74) is 1.78. The second kappa shape index (κ2) is 9.90. The van der Waals surface area contributed by atoms with Gasteiger partial charge in [0.15, 0.2) is 0 Å². The number of pyridine rings is 2. The minimum absolute atomic E-state index is 0.0375. The number of carbonyl (C=O) groups excluding carboxylic acids is 2. The van der Waals surface area contributed by atoms with Crippen LogP contribution < -0.4 is 9.88 Å². The lowest BCUT2D eigenvalue weighted by atomic mass is 10.0. The minimum atomic E-state index is -3.87. The average Bonchev–Trinajstić information content (AvgIpc) is 3.57. The molecule has 5 heterocycles. The van der Waals surface area contributed by atoms with Crippen molar-refractivity contribution < 1.29 is 27.5 Å². The third kappa shape index (κ3) is 5.12. The molecule has 1 saturated carbocycles. The largest absolute Gasteiger partial charge is 0.474 e. The normalized spacial score (nSPS) is 23.9. The second-order valence-corrected chi connectivity index (χ2v) is 12.2. The van der Waals surface area contributed by atoms with Crippen molar-refractivity contribution in [3.63, 3.8) is 0 Å². The fourth-order valence-corrected chi connectivity index (χ4v) is 6.12. The summed E-state index contributed by atoms with van der Waals surface area (Å²) >= 11 is 0. The maximum atomic E-state index is 13.4. The summed E-state index contributed by atoms with van der Waals surface area (Å²) in [7, 11) is -3.87. The number of hydrogen-bond acceptors (Lipinski definition) is 8. The van der Waals surface area contributed by atoms with E-state index in [4.69, 9.17) is 14.6 Å². The standard InChI is InChI=1S/C26H31N5O6S/c27-38(34,35)21-3-4-23(28-11-21)26(33)31-14-18-12-30(13-19(18)15-31)25(32)17-9-22(16-1-2-16)24(29-10-17)37-20-5-7-36-8-6-20/h3-4,9-11,16,18-20H,1-2,5-8,12-15H2,(H2,27,34,35)/t18-,19?/m1/s1. The zero-order chi connectivity index (χ0) is 26.4. The Morgan fingerprint density at radius 1 is 0.921 bits per heavy atom. The number of ether oxygens (including phenoxy) is 2. The molecule has 4 aliphatic rings. The Labute approximate surface area is 221 Å². The van der Waals surface area contributed by atoms with Gasteiger partial charge < -0.3 is 19.3 Å². The van der Waals surface area contributed by atoms with Gasteiger partial charge in [0, 0.05) is 68.8 Å². The Balaban J connectivity index is 1.09. The van der Waals surface area contributed by atoms with Crippen LogP contribution in [0, 0.1) is 11.8 Å². The van der Waals surface area contributed by atoms with E-state index in [-0.39, 0.29) is 40.3 Å². The van der Waals surface area contributed by atoms with Crippen LogP contribution in [0.2, 0.25) is 0 Å². The van der Waals surface area contributed by atoms with Crippen molar-refractivity contribution in [2.24, 2.45) is 17.0 Å². The van der Waals surface area contributed by atoms with Gasteiger partial charge in [0.25, 0.3) is 11.8 Å². The molecule has 1 aliphatic carbocycles. The van der Waals surface area contributed by atoms with Crippen molar-refractivity contribution in [3.05, 3.63) is 47.4 Å². The lowest BCUT2D eigenvalue weighted by Gasteiger charge is -2.24. The molecule has 1 unspecified atom stereocenters. The number of likely N-dealkylation sites (tertiary alicyclic amines) is 2. The van der Waals surface area contributed by atoms with E-state index in [0.29, 0.717) is 56.8 Å². The molecule has 202 valence electrons. The molecule has 11 nitrogen and oxygen atoms in total. The first-order valence-corrected chi connectivity index (χ1v) is 14.6. The van der Waals surface area contributed by atoms with Crippen molar-refractivity contribution in [2.45, 2.75) is 42.6 Å². The molecule has 2 atom stereocenters. The summed E-state index contributed by atoms with van der Waals surface area (Å²) in [6, 6.07) is 4.63. The fraction of sp³-hybridized carbons (Fsp3) is 0.538. The molecule has 0 aromatic carbocycles. The number of nitrogens with two attached hydrogens (primary N) is 1. The third-order valence-electron chi connectivity index (χ3n) is 7.93. The first-order chi connectivity index (χ1) is 18.3. The van der Waals surface area contributed by atoms with Gasteiger partial charge in [0.2, 0.25) is 15.9 Å². The zero-order valence-electron chi connectivity index (χ0n) is 21.0. The molecular weight excluding hydrogens is 510 g/mol. The molecule has 0 radical (unpaired) electrons. The molecule has 4 fully saturated rings. The monoisotopic (exact) mass is 541 g/mol. The van der Waals surface area contributed by atoms with Crippen LogP contribution in [0.4, 0.5) is 0 Å². The van der Waals surface area contributed by atoms with Crippen LogP contribution in [0.25, 0.3) is 0 Å². The quantitative estimate of drug-likeness (QED) is 0.578. The van der Waals surface area contributed by atoms with Gasteiger partial charge in [0.1, 0.15) is 16.7 Å². The number of primary sulfonamides is 1. The highest BCUT2D eigenvalue weighted by molar-refractivity contribution is 7.89. The van der Waals surface area contributed by atoms with Crippen LogP contribution in [0.3, 0.4) is 0 Å². The lowest BCUT2D eigenvalue weighted by Crippen LogP contribution is -2.36. The molecule has 3 aliphatic heterocycles. The summed E-state index contributed by atoms with van der Waals surface area (Å²) in [5.74, 6) is 1.11. The van der Waals surface area contributed by atoms with E-state index in [1.165, 1.54) is 12.1 Å². The summed E-state index contributed by atoms with van der Waals surface area (Å²) in [6.07, 6.45) is 6.69. The van der Waals surface area contributed by atoms with E-state index in [0.717, 1.165) is 37.4 Å². The number of sulfonamides is 1. The number of rotatable bonds is 6. The van der Waals surface area contributed by atoms with Crippen molar-refractivity contribution >= 4 is 21.8 Å². The summed E-state index contributed by atoms with van der Waals surface area (Å²) in [4.78, 5) is 38.4. The molecule has 2 aromatic heterocycles. The third-order valence-corrected chi connectivity index (χ3v) is 8.83. The summed E-state index contributed by atoms with van der Waals surface area (Å²) in [5, 5.41) is 5.11. The number of nitrogens with zero attached hydrogens (tertiary/aromatic N) is 4. The molecule has 38 heavy (non-hydrogen) atoms. The van der Waals surface area contributed by atoms with Crippen LogP contribution in [0.5, 0.6) is 5.88 Å². The maximum absolute atomic E-state index is 13.4. The van der Waals surface area contributed by atoms with E-state index < -0.39 is 10.0 Å². The van der Waals surface area contributed by atoms with Crippen molar-refractivity contribution in [1.29, 1.82) is 0 Å². The van der Waals surface area contributed by atoms with E-state index in [9.17, 15) is 18.0 Å². The van der Waals surface area contributed by atoms with Gasteiger partial charge in [-0.15, -0.1) is 0 Å². The first-order valence-electron chi connectivity index (χ1n) is 13.1. The number of aromatic nitrogens is 2. The molecule has 6 rings (SSSR count). The predicted molar refractivity (Wildman–Crippen MR) is 135 cm³/mol. The highest BCUT2D eigenvalue weighted by Crippen LogP contribution is 2.44. The zero-order valence-corrected chi connectivity index (χ0v) is 21.8. The van der Waals surface area contributed by atoms with Crippen LogP contribution in [0.15, 0.2) is 35.5 Å². The van der Waals surface area contributed by atoms with Gasteiger partial charge in [0.05, 0.1) is 18.8 Å². The second-order valence-electron chi connectivity index (χ2n) is 10.7. The molecule has 2 N–H and O–H groups in total. The van der Waals surface area contributed by atoms with Crippen molar-refractivity contribution in [2.75, 3.05) is 39.4 Å². The highest BCUT2D eigenvalue weighted by Gasteiger charge is 2.43. The van der Waals surface area contributed by atoms with E-state index in [1.54, 1.807) is 11.1 Å². The van der Waals surface area contributed by atoms with Crippen LogP contribution in [0.1, 0.15) is 58.0 Å². The summed E-state index contributed by atoms with van der Waals surface area (Å²) < 4.78 is 34.5. The van der Waals surface area contributed by atoms with E-state index in [2.05, 4.69) is 9.97 Å². The van der Waals surface area contributed by atoms with Crippen LogP contribution >= 0.6 is 0 Å². The predicted octanol–water partition coefficient (Wildman–Crippen LogP) is 1.40. The Hall–Kier alpha value is -3.09. The van der Waals surface area contributed by atoms with Crippen molar-refractivity contribution in [3.8, 4) is 5.88 Å². The number of carbonyl (C=O) groups is 2. The molecule has 2 amide bonds. The Kier molecular flexibility index (Phi) is 6.57. The molecule has 3 saturated heterocycles. The number of amides is 2. The van der Waals surface area contributed by atoms with Gasteiger partial charge >= 0.3 is 0 Å². The van der Waals surface area contributed by atoms with Crippen molar-refractivity contribution in [1.82, 2.24) is 19.8 Å². The minimum Gasteiger partial charge on any atom is -0.474 e. The average molecular weight is 542 g/mol. The van der Waals surface area contributed by atoms with Gasteiger partial charge in [-0.3, -0.25) is 9.59 Å². The van der Waals surface area contributed by atoms with Crippen LogP contribution in [-0.2, 0) is 14.8 Å². The van der Waals surface area contributed by atoms with Gasteiger partial charge in [-0.25, -0.2) is 23.5 Å². The van der Waals surface area contributed by atoms with Gasteiger partial charge in [-0.05, 0) is 37.0 Å². The topological polar surface area (TPSA) is 145 Å². The molecule has 0 spiro atoms. The molecule has 2 aromatic rings. The highest BCUT2D eigenvalue weighted by atomic mass is 32.2. The Morgan fingerprint density at radius 3 is 2.16 bits per heavy atom. The molecule has 0 bridgehead atoms. The number of hydrogen-bond donors (Lipinski definition) is 1. The maximum Gasteiger partial charge on any atom is 0.272 e. The van der Waals surface area contributed by atoms with Gasteiger partial charge in [-0.1, -0.05) is 0 Å². The fourth-order valence-electron chi connectivity index (χ4n) is 5.67. The van der Waals surface area contributed by atoms with E-state index >= 15 is 0 Å².